The normalized spacial score (nSPS) is 20.4. The molecule has 1 unspecified atom stereocenters. The number of nitrogens with one attached hydrogen (secondary N) is 2. The highest BCUT2D eigenvalue weighted by molar-refractivity contribution is 7.90. The molecule has 146 valence electrons. The number of amides is 1. The average Bonchev–Trinajstić information content (AvgIpc) is 3.00. The zero-order valence-corrected chi connectivity index (χ0v) is 16.2. The zero-order valence-electron chi connectivity index (χ0n) is 14.6. The number of aromatic nitrogens is 2. The molecule has 3 rings (SSSR count). The van der Waals surface area contributed by atoms with E-state index in [2.05, 4.69) is 20.6 Å². The van der Waals surface area contributed by atoms with Crippen LogP contribution >= 0.6 is 12.4 Å². The third kappa shape index (κ3) is 4.95. The largest absolute Gasteiger partial charge is 0.448 e. The fraction of sp³-hybridized carbons (Fsp3) is 0.667. The summed E-state index contributed by atoms with van der Waals surface area (Å²) >= 11 is 0. The predicted molar refractivity (Wildman–Crippen MR) is 98.6 cm³/mol. The second-order valence-electron chi connectivity index (χ2n) is 6.29. The molecule has 2 fully saturated rings. The summed E-state index contributed by atoms with van der Waals surface area (Å²) in [4.78, 5) is 21.8. The SMILES string of the molecule is CS(=O)(=O)c1cnc(NCCN2CCOC2=O)nc1C1CCCNC1.Cl. The van der Waals surface area contributed by atoms with Gasteiger partial charge in [0.05, 0.1) is 18.4 Å². The van der Waals surface area contributed by atoms with Crippen molar-refractivity contribution in [1.29, 1.82) is 0 Å². The van der Waals surface area contributed by atoms with Crippen LogP contribution in [0.3, 0.4) is 0 Å². The number of halogens is 1. The molecule has 1 atom stereocenters. The number of nitrogens with zero attached hydrogens (tertiary/aromatic N) is 3. The molecule has 2 aliphatic heterocycles. The Balaban J connectivity index is 0.00000243. The monoisotopic (exact) mass is 405 g/mol. The van der Waals surface area contributed by atoms with Crippen molar-refractivity contribution in [2.45, 2.75) is 23.7 Å². The number of hydrogen-bond acceptors (Lipinski definition) is 8. The van der Waals surface area contributed by atoms with Crippen LogP contribution < -0.4 is 10.6 Å². The molecule has 9 nitrogen and oxygen atoms in total. The number of anilines is 1. The Morgan fingerprint density at radius 3 is 2.88 bits per heavy atom. The molecule has 0 spiro atoms. The lowest BCUT2D eigenvalue weighted by Gasteiger charge is -2.24. The number of carbonyl (C=O) groups excluding carboxylic acids is 1. The van der Waals surface area contributed by atoms with E-state index in [1.54, 1.807) is 4.90 Å². The summed E-state index contributed by atoms with van der Waals surface area (Å²) in [6.45, 7) is 3.59. The van der Waals surface area contributed by atoms with Crippen molar-refractivity contribution < 1.29 is 17.9 Å². The summed E-state index contributed by atoms with van der Waals surface area (Å²) in [5.41, 5.74) is 0.563. The third-order valence-corrected chi connectivity index (χ3v) is 5.49. The molecule has 0 aromatic carbocycles. The zero-order chi connectivity index (χ0) is 17.9. The van der Waals surface area contributed by atoms with Crippen molar-refractivity contribution in [1.82, 2.24) is 20.2 Å². The summed E-state index contributed by atoms with van der Waals surface area (Å²) in [6.07, 6.45) is 4.11. The first-order valence-corrected chi connectivity index (χ1v) is 10.3. The van der Waals surface area contributed by atoms with Crippen LogP contribution in [0.1, 0.15) is 24.5 Å². The Morgan fingerprint density at radius 2 is 2.27 bits per heavy atom. The van der Waals surface area contributed by atoms with Crippen LogP contribution in [0.25, 0.3) is 0 Å². The van der Waals surface area contributed by atoms with Crippen LogP contribution in [0, 0.1) is 0 Å². The minimum Gasteiger partial charge on any atom is -0.448 e. The molecule has 0 aliphatic carbocycles. The van der Waals surface area contributed by atoms with E-state index in [0.717, 1.165) is 19.4 Å². The maximum atomic E-state index is 12.1. The topological polar surface area (TPSA) is 114 Å². The molecule has 2 aliphatic rings. The molecule has 11 heteroatoms. The van der Waals surface area contributed by atoms with Gasteiger partial charge in [-0.1, -0.05) is 0 Å². The summed E-state index contributed by atoms with van der Waals surface area (Å²) in [5, 5.41) is 6.35. The smallest absolute Gasteiger partial charge is 0.409 e. The molecule has 1 aromatic heterocycles. The Labute approximate surface area is 159 Å². The van der Waals surface area contributed by atoms with E-state index in [1.807, 2.05) is 0 Å². The first-order chi connectivity index (χ1) is 11.9. The Morgan fingerprint density at radius 1 is 1.46 bits per heavy atom. The molecule has 0 bridgehead atoms. The number of ether oxygens (including phenoxy) is 1. The highest BCUT2D eigenvalue weighted by Gasteiger charge is 2.25. The van der Waals surface area contributed by atoms with Gasteiger partial charge in [0.2, 0.25) is 5.95 Å². The molecule has 2 saturated heterocycles. The van der Waals surface area contributed by atoms with Crippen molar-refractivity contribution in [3.05, 3.63) is 11.9 Å². The number of piperidine rings is 1. The summed E-state index contributed by atoms with van der Waals surface area (Å²) in [6, 6.07) is 0. The van der Waals surface area contributed by atoms with E-state index >= 15 is 0 Å². The van der Waals surface area contributed by atoms with Crippen LogP contribution in [-0.2, 0) is 14.6 Å². The van der Waals surface area contributed by atoms with Gasteiger partial charge >= 0.3 is 6.09 Å². The van der Waals surface area contributed by atoms with Gasteiger partial charge in [0, 0.05) is 31.8 Å². The van der Waals surface area contributed by atoms with Gasteiger partial charge in [0.15, 0.2) is 9.84 Å². The molecule has 1 aromatic rings. The fourth-order valence-corrected chi connectivity index (χ4v) is 3.90. The molecule has 0 saturated carbocycles. The van der Waals surface area contributed by atoms with Gasteiger partial charge in [-0.3, -0.25) is 0 Å². The van der Waals surface area contributed by atoms with Crippen LogP contribution in [0.5, 0.6) is 0 Å². The molecule has 1 amide bonds. The van der Waals surface area contributed by atoms with E-state index in [9.17, 15) is 13.2 Å². The second-order valence-corrected chi connectivity index (χ2v) is 8.27. The van der Waals surface area contributed by atoms with Crippen molar-refractivity contribution in [3.63, 3.8) is 0 Å². The van der Waals surface area contributed by atoms with Gasteiger partial charge < -0.3 is 20.3 Å². The highest BCUT2D eigenvalue weighted by atomic mass is 35.5. The Hall–Kier alpha value is -1.65. The summed E-state index contributed by atoms with van der Waals surface area (Å²) in [5.74, 6) is 0.427. The molecule has 26 heavy (non-hydrogen) atoms. The Bertz CT molecular complexity index is 740. The van der Waals surface area contributed by atoms with Crippen LogP contribution in [0.2, 0.25) is 0 Å². The number of sulfone groups is 1. The lowest BCUT2D eigenvalue weighted by Crippen LogP contribution is -2.31. The summed E-state index contributed by atoms with van der Waals surface area (Å²) < 4.78 is 29.0. The van der Waals surface area contributed by atoms with E-state index in [4.69, 9.17) is 4.74 Å². The van der Waals surface area contributed by atoms with Crippen LogP contribution in [-0.4, -0.2) is 75.0 Å². The second kappa shape index (κ2) is 8.83. The van der Waals surface area contributed by atoms with E-state index in [-0.39, 0.29) is 29.3 Å². The van der Waals surface area contributed by atoms with Gasteiger partial charge in [0.25, 0.3) is 0 Å². The van der Waals surface area contributed by atoms with Crippen molar-refractivity contribution in [2.24, 2.45) is 0 Å². The molecular formula is C15H24ClN5O4S. The van der Waals surface area contributed by atoms with E-state index in [1.165, 1.54) is 12.5 Å². The van der Waals surface area contributed by atoms with Crippen molar-refractivity contribution >= 4 is 34.3 Å². The van der Waals surface area contributed by atoms with Crippen LogP contribution in [0.15, 0.2) is 11.1 Å². The first kappa shape index (κ1) is 20.7. The lowest BCUT2D eigenvalue weighted by atomic mass is 9.96. The number of carbonyl (C=O) groups is 1. The summed E-state index contributed by atoms with van der Waals surface area (Å²) in [7, 11) is -3.39. The third-order valence-electron chi connectivity index (χ3n) is 4.38. The van der Waals surface area contributed by atoms with Crippen LogP contribution in [0.4, 0.5) is 10.7 Å². The number of rotatable bonds is 6. The minimum absolute atomic E-state index is 0. The maximum absolute atomic E-state index is 12.1. The standard InChI is InChI=1S/C15H23N5O4S.ClH/c1-25(22,23)12-10-18-14(17-5-6-20-7-8-24-15(20)21)19-13(12)11-3-2-4-16-9-11;/h10-11,16H,2-9H2,1H3,(H,17,18,19);1H. The van der Waals surface area contributed by atoms with E-state index < -0.39 is 9.84 Å². The van der Waals surface area contributed by atoms with Gasteiger partial charge in [0.1, 0.15) is 11.5 Å². The molecule has 0 radical (unpaired) electrons. The van der Waals surface area contributed by atoms with Gasteiger partial charge in [-0.15, -0.1) is 12.4 Å². The average molecular weight is 406 g/mol. The highest BCUT2D eigenvalue weighted by Crippen LogP contribution is 2.27. The van der Waals surface area contributed by atoms with Gasteiger partial charge in [-0.05, 0) is 19.4 Å². The number of cyclic esters (lactones) is 1. The number of hydrogen-bond donors (Lipinski definition) is 2. The maximum Gasteiger partial charge on any atom is 0.409 e. The lowest BCUT2D eigenvalue weighted by molar-refractivity contribution is 0.159. The van der Waals surface area contributed by atoms with Crippen molar-refractivity contribution in [3.8, 4) is 0 Å². The first-order valence-electron chi connectivity index (χ1n) is 8.38. The fourth-order valence-electron chi connectivity index (χ4n) is 3.06. The van der Waals surface area contributed by atoms with Gasteiger partial charge in [-0.25, -0.2) is 23.2 Å². The predicted octanol–water partition coefficient (Wildman–Crippen LogP) is 0.633. The molecule has 2 N–H and O–H groups in total. The quantitative estimate of drug-likeness (QED) is 0.708. The van der Waals surface area contributed by atoms with Gasteiger partial charge in [-0.2, -0.15) is 0 Å². The molecular weight excluding hydrogens is 382 g/mol. The van der Waals surface area contributed by atoms with E-state index in [0.29, 0.717) is 44.4 Å². The Kier molecular flexibility index (Phi) is 7.01. The molecule has 3 heterocycles. The minimum atomic E-state index is -3.39. The van der Waals surface area contributed by atoms with Crippen molar-refractivity contribution in [2.75, 3.05) is 50.9 Å².